The smallest absolute Gasteiger partial charge is 0.0642 e. The first-order chi connectivity index (χ1) is 8.34. The third-order valence-electron chi connectivity index (χ3n) is 3.56. The number of hydrogen-bond acceptors (Lipinski definition) is 2. The van der Waals surface area contributed by atoms with Crippen LogP contribution in [0.4, 0.5) is 0 Å². The van der Waals surface area contributed by atoms with Gasteiger partial charge in [-0.15, -0.1) is 13.8 Å². The normalized spacial score (nSPS) is 26.1. The molecular formula is C16H35NOPY-. The summed E-state index contributed by atoms with van der Waals surface area (Å²) in [6.07, 6.45) is 4.46. The SMILES string of the molecule is C=[PH](C)C(C)(C)C.[CH2-]C1CN(C(C)(C)C)CC(C)O1.[Y]. The summed E-state index contributed by atoms with van der Waals surface area (Å²) in [6.45, 7) is 23.7. The topological polar surface area (TPSA) is 12.5 Å². The average molecular weight is 377 g/mol. The van der Waals surface area contributed by atoms with E-state index in [0.29, 0.717) is 11.3 Å². The first-order valence-electron chi connectivity index (χ1n) is 7.23. The molecule has 1 saturated heterocycles. The Labute approximate surface area is 153 Å². The van der Waals surface area contributed by atoms with Gasteiger partial charge in [0.2, 0.25) is 0 Å². The van der Waals surface area contributed by atoms with Crippen LogP contribution in [0.1, 0.15) is 48.5 Å². The van der Waals surface area contributed by atoms with Crippen LogP contribution in [-0.2, 0) is 37.4 Å². The molecule has 1 rings (SSSR count). The second-order valence-corrected chi connectivity index (χ2v) is 10.7. The monoisotopic (exact) mass is 377 g/mol. The van der Waals surface area contributed by atoms with Crippen LogP contribution in [0.25, 0.3) is 0 Å². The maximum absolute atomic E-state index is 5.56. The first-order valence-corrected chi connectivity index (χ1v) is 9.44. The van der Waals surface area contributed by atoms with Crippen LogP contribution in [0.2, 0.25) is 0 Å². The molecule has 1 aliphatic heterocycles. The Hall–Kier alpha value is 1.32. The Balaban J connectivity index is 0. The molecule has 4 heteroatoms. The van der Waals surface area contributed by atoms with Crippen LogP contribution in [-0.4, -0.2) is 53.9 Å². The van der Waals surface area contributed by atoms with Crippen molar-refractivity contribution >= 4 is 13.8 Å². The summed E-state index contributed by atoms with van der Waals surface area (Å²) in [5, 5.41) is 0.491. The van der Waals surface area contributed by atoms with Crippen LogP contribution >= 0.6 is 7.55 Å². The van der Waals surface area contributed by atoms with Crippen LogP contribution in [0.15, 0.2) is 0 Å². The fourth-order valence-electron chi connectivity index (χ4n) is 1.59. The van der Waals surface area contributed by atoms with Gasteiger partial charge in [0.15, 0.2) is 0 Å². The Kier molecular flexibility index (Phi) is 11.2. The summed E-state index contributed by atoms with van der Waals surface area (Å²) < 4.78 is 5.56. The Morgan fingerprint density at radius 3 is 1.80 bits per heavy atom. The minimum atomic E-state index is -0.300. The van der Waals surface area contributed by atoms with Gasteiger partial charge in [-0.1, -0.05) is 26.9 Å². The molecule has 119 valence electrons. The summed E-state index contributed by atoms with van der Waals surface area (Å²) >= 11 is 0. The summed E-state index contributed by atoms with van der Waals surface area (Å²) in [6, 6.07) is 0. The van der Waals surface area contributed by atoms with Crippen molar-refractivity contribution < 1.29 is 37.4 Å². The summed E-state index contributed by atoms with van der Waals surface area (Å²) in [7, 11) is -0.300. The Morgan fingerprint density at radius 1 is 1.15 bits per heavy atom. The van der Waals surface area contributed by atoms with Crippen molar-refractivity contribution in [1.82, 2.24) is 4.90 Å². The molecule has 0 spiro atoms. The molecular weight excluding hydrogens is 342 g/mol. The fraction of sp³-hybridized carbons (Fsp3) is 0.875. The minimum Gasteiger partial charge on any atom is -0.405 e. The van der Waals surface area contributed by atoms with E-state index in [-0.39, 0.29) is 51.9 Å². The molecule has 1 fully saturated rings. The van der Waals surface area contributed by atoms with Crippen molar-refractivity contribution in [3.05, 3.63) is 6.92 Å². The van der Waals surface area contributed by atoms with E-state index in [2.05, 4.69) is 73.3 Å². The van der Waals surface area contributed by atoms with E-state index in [1.165, 1.54) is 0 Å². The van der Waals surface area contributed by atoms with Gasteiger partial charge >= 0.3 is 0 Å². The van der Waals surface area contributed by atoms with Gasteiger partial charge in [-0.05, 0) is 46.1 Å². The van der Waals surface area contributed by atoms with Crippen molar-refractivity contribution in [2.24, 2.45) is 0 Å². The maximum atomic E-state index is 5.56. The Morgan fingerprint density at radius 2 is 1.55 bits per heavy atom. The predicted octanol–water partition coefficient (Wildman–Crippen LogP) is 3.77. The maximum Gasteiger partial charge on any atom is 0.0642 e. The molecule has 0 saturated carbocycles. The minimum absolute atomic E-state index is 0. The van der Waals surface area contributed by atoms with Gasteiger partial charge < -0.3 is 11.7 Å². The third-order valence-corrected chi connectivity index (χ3v) is 6.12. The number of nitrogens with zero attached hydrogens (tertiary/aromatic N) is 1. The second kappa shape index (κ2) is 9.46. The molecule has 1 aliphatic rings. The van der Waals surface area contributed by atoms with Crippen LogP contribution < -0.4 is 0 Å². The number of morpholine rings is 1. The van der Waals surface area contributed by atoms with Crippen molar-refractivity contribution in [2.45, 2.75) is 71.4 Å². The summed E-state index contributed by atoms with van der Waals surface area (Å²) in [4.78, 5) is 2.43. The van der Waals surface area contributed by atoms with E-state index < -0.39 is 0 Å². The molecule has 1 radical (unpaired) electrons. The second-order valence-electron chi connectivity index (χ2n) is 7.67. The van der Waals surface area contributed by atoms with Crippen LogP contribution in [0.3, 0.4) is 0 Å². The molecule has 3 unspecified atom stereocenters. The molecule has 0 amide bonds. The molecule has 3 atom stereocenters. The van der Waals surface area contributed by atoms with E-state index in [1.807, 2.05) is 0 Å². The first kappa shape index (κ1) is 23.6. The van der Waals surface area contributed by atoms with Gasteiger partial charge in [-0.3, -0.25) is 4.90 Å². The molecule has 0 aromatic carbocycles. The average Bonchev–Trinajstić information content (AvgIpc) is 2.13. The zero-order valence-corrected chi connectivity index (χ0v) is 18.8. The van der Waals surface area contributed by atoms with Crippen molar-refractivity contribution in [2.75, 3.05) is 19.8 Å². The number of rotatable bonds is 0. The van der Waals surface area contributed by atoms with Gasteiger partial charge in [-0.2, -0.15) is 0 Å². The van der Waals surface area contributed by atoms with Gasteiger partial charge in [0.25, 0.3) is 0 Å². The molecule has 0 aliphatic carbocycles. The summed E-state index contributed by atoms with van der Waals surface area (Å²) in [5.74, 6) is 0. The predicted molar refractivity (Wildman–Crippen MR) is 92.1 cm³/mol. The molecule has 0 aromatic rings. The van der Waals surface area contributed by atoms with E-state index in [1.54, 1.807) is 0 Å². The van der Waals surface area contributed by atoms with Crippen molar-refractivity contribution in [3.8, 4) is 0 Å². The van der Waals surface area contributed by atoms with Crippen LogP contribution in [0.5, 0.6) is 0 Å². The third kappa shape index (κ3) is 10.1. The largest absolute Gasteiger partial charge is 0.405 e. The van der Waals surface area contributed by atoms with E-state index in [4.69, 9.17) is 4.74 Å². The van der Waals surface area contributed by atoms with Gasteiger partial charge in [0, 0.05) is 44.8 Å². The zero-order chi connectivity index (χ0) is 15.4. The summed E-state index contributed by atoms with van der Waals surface area (Å²) in [5.41, 5.74) is 0.244. The molecule has 0 bridgehead atoms. The van der Waals surface area contributed by atoms with E-state index in [0.717, 1.165) is 13.1 Å². The van der Waals surface area contributed by atoms with Crippen molar-refractivity contribution in [3.63, 3.8) is 0 Å². The van der Waals surface area contributed by atoms with E-state index in [9.17, 15) is 0 Å². The van der Waals surface area contributed by atoms with Crippen LogP contribution in [0, 0.1) is 6.92 Å². The zero-order valence-electron chi connectivity index (χ0n) is 14.9. The number of hydrogen-bond donors (Lipinski definition) is 0. The van der Waals surface area contributed by atoms with Crippen molar-refractivity contribution in [1.29, 1.82) is 0 Å². The molecule has 1 heterocycles. The standard InChI is InChI=1S/C10H20NO.C6H15P.Y/c1-8-6-11(10(3,4)5)7-9(2)12-8;1-6(2,3)7(4)5;/h8-9H,1,6-7H2,2-5H3;7H,4H2,1-3,5H3;/q-1;;. The van der Waals surface area contributed by atoms with Gasteiger partial charge in [0.1, 0.15) is 0 Å². The number of ether oxygens (including phenoxy) is 1. The molecule has 20 heavy (non-hydrogen) atoms. The molecule has 0 aromatic heterocycles. The quantitative estimate of drug-likeness (QED) is 0.471. The fourth-order valence-corrected chi connectivity index (χ4v) is 1.59. The van der Waals surface area contributed by atoms with Gasteiger partial charge in [-0.25, -0.2) is 0 Å². The van der Waals surface area contributed by atoms with Gasteiger partial charge in [0.05, 0.1) is 6.10 Å². The Bertz CT molecular complexity index is 284. The molecule has 2 nitrogen and oxygen atoms in total. The molecule has 0 N–H and O–H groups in total. The van der Waals surface area contributed by atoms with E-state index >= 15 is 0 Å².